The highest BCUT2D eigenvalue weighted by Gasteiger charge is 2.11. The molecular weight excluding hydrogens is 334 g/mol. The lowest BCUT2D eigenvalue weighted by Gasteiger charge is -2.11. The first kappa shape index (κ1) is 15.4. The molecule has 5 heteroatoms. The Morgan fingerprint density at radius 2 is 1.76 bits per heavy atom. The number of hydrogen-bond donors (Lipinski definition) is 1. The number of methoxy groups -OCH3 is 2. The highest BCUT2D eigenvalue weighted by molar-refractivity contribution is 9.10. The zero-order valence-electron chi connectivity index (χ0n) is 12.1. The quantitative estimate of drug-likeness (QED) is 0.906. The van der Waals surface area contributed by atoms with Crippen LogP contribution >= 0.6 is 15.9 Å². The van der Waals surface area contributed by atoms with Crippen molar-refractivity contribution >= 4 is 27.5 Å². The van der Waals surface area contributed by atoms with Crippen LogP contribution in [0.3, 0.4) is 0 Å². The number of anilines is 1. The fourth-order valence-corrected chi connectivity index (χ4v) is 2.44. The number of carbonyl (C=O) groups excluding carboxylic acids is 1. The average Bonchev–Trinajstić information content (AvgIpc) is 2.48. The van der Waals surface area contributed by atoms with E-state index < -0.39 is 0 Å². The van der Waals surface area contributed by atoms with Gasteiger partial charge in [-0.1, -0.05) is 6.07 Å². The van der Waals surface area contributed by atoms with Crippen molar-refractivity contribution < 1.29 is 14.3 Å². The van der Waals surface area contributed by atoms with Crippen LogP contribution in [0.5, 0.6) is 11.5 Å². The molecule has 0 aromatic heterocycles. The van der Waals surface area contributed by atoms with Gasteiger partial charge in [0.25, 0.3) is 5.91 Å². The van der Waals surface area contributed by atoms with Gasteiger partial charge in [-0.3, -0.25) is 4.79 Å². The number of hydrogen-bond acceptors (Lipinski definition) is 3. The molecule has 0 radical (unpaired) electrons. The predicted octanol–water partition coefficient (Wildman–Crippen LogP) is 4.03. The SMILES string of the molecule is COc1ccc(C(=O)Nc2ccc(C)cc2OC)cc1Br. The van der Waals surface area contributed by atoms with Crippen molar-refractivity contribution in [3.8, 4) is 11.5 Å². The monoisotopic (exact) mass is 349 g/mol. The molecule has 4 nitrogen and oxygen atoms in total. The van der Waals surface area contributed by atoms with Crippen molar-refractivity contribution in [2.24, 2.45) is 0 Å². The van der Waals surface area contributed by atoms with Gasteiger partial charge >= 0.3 is 0 Å². The summed E-state index contributed by atoms with van der Waals surface area (Å²) in [6, 6.07) is 10.8. The summed E-state index contributed by atoms with van der Waals surface area (Å²) in [4.78, 5) is 12.3. The lowest BCUT2D eigenvalue weighted by Crippen LogP contribution is -2.12. The molecule has 110 valence electrons. The number of aryl methyl sites for hydroxylation is 1. The number of nitrogens with one attached hydrogen (secondary N) is 1. The Bertz CT molecular complexity index is 671. The Kier molecular flexibility index (Phi) is 4.85. The molecule has 0 aliphatic rings. The molecule has 0 atom stereocenters. The average molecular weight is 350 g/mol. The van der Waals surface area contributed by atoms with Crippen LogP contribution in [0.1, 0.15) is 15.9 Å². The van der Waals surface area contributed by atoms with Crippen molar-refractivity contribution in [2.75, 3.05) is 19.5 Å². The maximum absolute atomic E-state index is 12.3. The lowest BCUT2D eigenvalue weighted by atomic mass is 10.1. The minimum Gasteiger partial charge on any atom is -0.496 e. The summed E-state index contributed by atoms with van der Waals surface area (Å²) in [5, 5.41) is 2.84. The van der Waals surface area contributed by atoms with Gasteiger partial charge in [-0.2, -0.15) is 0 Å². The minimum atomic E-state index is -0.208. The van der Waals surface area contributed by atoms with E-state index in [1.165, 1.54) is 0 Å². The maximum atomic E-state index is 12.3. The molecule has 2 aromatic carbocycles. The molecule has 0 aliphatic heterocycles. The second kappa shape index (κ2) is 6.63. The van der Waals surface area contributed by atoms with E-state index in [1.54, 1.807) is 32.4 Å². The van der Waals surface area contributed by atoms with Crippen LogP contribution in [-0.4, -0.2) is 20.1 Å². The number of amides is 1. The van der Waals surface area contributed by atoms with E-state index in [2.05, 4.69) is 21.2 Å². The van der Waals surface area contributed by atoms with E-state index in [0.29, 0.717) is 22.7 Å². The summed E-state index contributed by atoms with van der Waals surface area (Å²) in [7, 11) is 3.16. The van der Waals surface area contributed by atoms with Gasteiger partial charge in [0.05, 0.1) is 24.4 Å². The highest BCUT2D eigenvalue weighted by Crippen LogP contribution is 2.28. The fourth-order valence-electron chi connectivity index (χ4n) is 1.90. The Labute approximate surface area is 132 Å². The van der Waals surface area contributed by atoms with Crippen molar-refractivity contribution in [1.29, 1.82) is 0 Å². The molecule has 21 heavy (non-hydrogen) atoms. The fraction of sp³-hybridized carbons (Fsp3) is 0.188. The number of carbonyl (C=O) groups is 1. The van der Waals surface area contributed by atoms with Crippen molar-refractivity contribution in [1.82, 2.24) is 0 Å². The summed E-state index contributed by atoms with van der Waals surface area (Å²) in [5.41, 5.74) is 2.24. The molecule has 0 heterocycles. The molecule has 0 bridgehead atoms. The van der Waals surface area contributed by atoms with E-state index in [1.807, 2.05) is 25.1 Å². The molecule has 1 amide bonds. The smallest absolute Gasteiger partial charge is 0.255 e. The third-order valence-corrected chi connectivity index (χ3v) is 3.64. The molecule has 0 saturated carbocycles. The third-order valence-electron chi connectivity index (χ3n) is 3.02. The Morgan fingerprint density at radius 1 is 1.05 bits per heavy atom. The second-order valence-electron chi connectivity index (χ2n) is 4.51. The van der Waals surface area contributed by atoms with Gasteiger partial charge in [-0.05, 0) is 58.7 Å². The number of halogens is 1. The van der Waals surface area contributed by atoms with E-state index in [0.717, 1.165) is 10.0 Å². The molecule has 2 aromatic rings. The number of benzene rings is 2. The standard InChI is InChI=1S/C16H16BrNO3/c1-10-4-6-13(15(8-10)21-3)18-16(19)11-5-7-14(20-2)12(17)9-11/h4-9H,1-3H3,(H,18,19). The first-order valence-corrected chi connectivity index (χ1v) is 7.14. The highest BCUT2D eigenvalue weighted by atomic mass is 79.9. The number of rotatable bonds is 4. The Morgan fingerprint density at radius 3 is 2.38 bits per heavy atom. The van der Waals surface area contributed by atoms with Gasteiger partial charge in [0.1, 0.15) is 11.5 Å². The molecule has 2 rings (SSSR count). The molecule has 0 aliphatic carbocycles. The first-order chi connectivity index (χ1) is 10.0. The second-order valence-corrected chi connectivity index (χ2v) is 5.36. The van der Waals surface area contributed by atoms with E-state index in [9.17, 15) is 4.79 Å². The Hall–Kier alpha value is -2.01. The van der Waals surface area contributed by atoms with E-state index in [4.69, 9.17) is 9.47 Å². The Balaban J connectivity index is 2.24. The molecular formula is C16H16BrNO3. The third kappa shape index (κ3) is 3.55. The summed E-state index contributed by atoms with van der Waals surface area (Å²) >= 11 is 3.37. The van der Waals surface area contributed by atoms with E-state index >= 15 is 0 Å². The lowest BCUT2D eigenvalue weighted by molar-refractivity contribution is 0.102. The minimum absolute atomic E-state index is 0.208. The van der Waals surface area contributed by atoms with Crippen molar-refractivity contribution in [2.45, 2.75) is 6.92 Å². The van der Waals surface area contributed by atoms with Crippen molar-refractivity contribution in [3.05, 3.63) is 52.0 Å². The van der Waals surface area contributed by atoms with Gasteiger partial charge in [0.15, 0.2) is 0 Å². The molecule has 0 saturated heterocycles. The summed E-state index contributed by atoms with van der Waals surface area (Å²) in [5.74, 6) is 1.11. The van der Waals surface area contributed by atoms with Gasteiger partial charge in [0, 0.05) is 5.56 Å². The molecule has 0 unspecified atom stereocenters. The van der Waals surface area contributed by atoms with Crippen LogP contribution in [0.2, 0.25) is 0 Å². The first-order valence-electron chi connectivity index (χ1n) is 6.34. The van der Waals surface area contributed by atoms with Crippen LogP contribution in [0.15, 0.2) is 40.9 Å². The summed E-state index contributed by atoms with van der Waals surface area (Å²) < 4.78 is 11.2. The summed E-state index contributed by atoms with van der Waals surface area (Å²) in [6.45, 7) is 1.97. The maximum Gasteiger partial charge on any atom is 0.255 e. The van der Waals surface area contributed by atoms with Crippen molar-refractivity contribution in [3.63, 3.8) is 0 Å². The topological polar surface area (TPSA) is 47.6 Å². The van der Waals surface area contributed by atoms with E-state index in [-0.39, 0.29) is 5.91 Å². The van der Waals surface area contributed by atoms with Gasteiger partial charge in [-0.15, -0.1) is 0 Å². The molecule has 0 fully saturated rings. The van der Waals surface area contributed by atoms with Crippen LogP contribution < -0.4 is 14.8 Å². The van der Waals surface area contributed by atoms with Crippen LogP contribution in [0.25, 0.3) is 0 Å². The zero-order valence-corrected chi connectivity index (χ0v) is 13.7. The number of ether oxygens (including phenoxy) is 2. The van der Waals surface area contributed by atoms with Crippen LogP contribution in [0, 0.1) is 6.92 Å². The van der Waals surface area contributed by atoms with Gasteiger partial charge in [0.2, 0.25) is 0 Å². The van der Waals surface area contributed by atoms with Gasteiger partial charge < -0.3 is 14.8 Å². The van der Waals surface area contributed by atoms with Crippen LogP contribution in [0.4, 0.5) is 5.69 Å². The molecule has 1 N–H and O–H groups in total. The zero-order chi connectivity index (χ0) is 15.4. The summed E-state index contributed by atoms with van der Waals surface area (Å²) in [6.07, 6.45) is 0. The van der Waals surface area contributed by atoms with Gasteiger partial charge in [-0.25, -0.2) is 0 Å². The molecule has 0 spiro atoms. The predicted molar refractivity (Wildman–Crippen MR) is 86.4 cm³/mol. The normalized spacial score (nSPS) is 10.1. The van der Waals surface area contributed by atoms with Crippen LogP contribution in [-0.2, 0) is 0 Å². The largest absolute Gasteiger partial charge is 0.496 e.